The van der Waals surface area contributed by atoms with Crippen LogP contribution in [0.2, 0.25) is 0 Å². The molecule has 0 amide bonds. The number of aromatic nitrogens is 2. The van der Waals surface area contributed by atoms with E-state index in [2.05, 4.69) is 20.6 Å². The summed E-state index contributed by atoms with van der Waals surface area (Å²) >= 11 is 0. The van der Waals surface area contributed by atoms with E-state index < -0.39 is 12.5 Å². The second-order valence-corrected chi connectivity index (χ2v) is 4.00. The highest BCUT2D eigenvalue weighted by Crippen LogP contribution is 2.13. The molecule has 0 saturated carbocycles. The quantitative estimate of drug-likeness (QED) is 0.639. The first-order valence-corrected chi connectivity index (χ1v) is 6.46. The molecule has 114 valence electrons. The lowest BCUT2D eigenvalue weighted by Crippen LogP contribution is -2.27. The second-order valence-electron chi connectivity index (χ2n) is 4.00. The Bertz CT molecular complexity index is 407. The molecule has 0 aliphatic heterocycles. The van der Waals surface area contributed by atoms with Gasteiger partial charge >= 0.3 is 0 Å². The van der Waals surface area contributed by atoms with E-state index in [-0.39, 0.29) is 13.2 Å². The van der Waals surface area contributed by atoms with Crippen LogP contribution in [-0.4, -0.2) is 47.3 Å². The predicted octanol–water partition coefficient (Wildman–Crippen LogP) is 1.48. The summed E-state index contributed by atoms with van der Waals surface area (Å²) in [6.45, 7) is 4.92. The number of hydrogen-bond acceptors (Lipinski definition) is 6. The van der Waals surface area contributed by atoms with E-state index in [1.165, 1.54) is 0 Å². The Morgan fingerprint density at radius 2 is 1.90 bits per heavy atom. The van der Waals surface area contributed by atoms with Crippen LogP contribution in [-0.2, 0) is 11.3 Å². The first kappa shape index (κ1) is 16.5. The van der Waals surface area contributed by atoms with Gasteiger partial charge in [-0.25, -0.2) is 18.7 Å². The zero-order valence-corrected chi connectivity index (χ0v) is 11.6. The number of nitrogens with zero attached hydrogens (tertiary/aromatic N) is 2. The van der Waals surface area contributed by atoms with Gasteiger partial charge in [-0.1, -0.05) is 0 Å². The van der Waals surface area contributed by atoms with Crippen LogP contribution in [0, 0.1) is 0 Å². The molecule has 3 N–H and O–H groups in total. The number of halogens is 2. The van der Waals surface area contributed by atoms with Crippen molar-refractivity contribution in [3.63, 3.8) is 0 Å². The van der Waals surface area contributed by atoms with Crippen molar-refractivity contribution in [2.24, 2.45) is 0 Å². The van der Waals surface area contributed by atoms with E-state index in [1.807, 2.05) is 13.8 Å². The number of ether oxygens (including phenoxy) is 1. The minimum Gasteiger partial charge on any atom is -0.385 e. The van der Waals surface area contributed by atoms with Crippen LogP contribution in [0.3, 0.4) is 0 Å². The Hall–Kier alpha value is -1.54. The highest BCUT2D eigenvalue weighted by Gasteiger charge is 2.16. The largest absolute Gasteiger partial charge is 0.385 e. The minimum atomic E-state index is -2.79. The summed E-state index contributed by atoms with van der Waals surface area (Å²) in [5.74, 6) is 1.39. The monoisotopic (exact) mass is 290 g/mol. The van der Waals surface area contributed by atoms with Crippen LogP contribution >= 0.6 is 0 Å². The van der Waals surface area contributed by atoms with E-state index in [0.717, 1.165) is 0 Å². The lowest BCUT2D eigenvalue weighted by molar-refractivity contribution is 0.00380. The smallest absolute Gasteiger partial charge is 0.265 e. The van der Waals surface area contributed by atoms with Crippen molar-refractivity contribution in [1.29, 1.82) is 0 Å². The Morgan fingerprint density at radius 1 is 1.25 bits per heavy atom. The maximum Gasteiger partial charge on any atom is 0.265 e. The topological polar surface area (TPSA) is 79.3 Å². The normalized spacial score (nSPS) is 12.5. The summed E-state index contributed by atoms with van der Waals surface area (Å²) in [4.78, 5) is 8.37. The van der Waals surface area contributed by atoms with Crippen LogP contribution < -0.4 is 10.6 Å². The van der Waals surface area contributed by atoms with Crippen LogP contribution in [0.4, 0.5) is 20.4 Å². The highest BCUT2D eigenvalue weighted by atomic mass is 19.3. The molecule has 1 aromatic rings. The predicted molar refractivity (Wildman–Crippen MR) is 72.0 cm³/mol. The molecule has 0 saturated heterocycles. The number of aliphatic hydroxyl groups excluding tert-OH is 1. The average Bonchev–Trinajstić information content (AvgIpc) is 2.42. The molecule has 1 rings (SSSR count). The van der Waals surface area contributed by atoms with Crippen molar-refractivity contribution >= 4 is 11.6 Å². The molecule has 0 aliphatic rings. The van der Waals surface area contributed by atoms with Gasteiger partial charge in [0.15, 0.2) is 5.82 Å². The number of anilines is 2. The van der Waals surface area contributed by atoms with Crippen LogP contribution in [0.15, 0.2) is 6.07 Å². The maximum absolute atomic E-state index is 12.2. The van der Waals surface area contributed by atoms with Gasteiger partial charge in [-0.15, -0.1) is 0 Å². The zero-order valence-electron chi connectivity index (χ0n) is 11.6. The molecule has 1 heterocycles. The van der Waals surface area contributed by atoms with Crippen LogP contribution in [0.5, 0.6) is 0 Å². The fourth-order valence-electron chi connectivity index (χ4n) is 1.42. The third kappa shape index (κ3) is 5.62. The van der Waals surface area contributed by atoms with Crippen LogP contribution in [0.1, 0.15) is 19.7 Å². The third-order valence-corrected chi connectivity index (χ3v) is 2.35. The SMILES string of the molecule is CCNc1cc(NCC(O)C(F)F)nc(COCC)n1. The van der Waals surface area contributed by atoms with Gasteiger partial charge < -0.3 is 20.5 Å². The van der Waals surface area contributed by atoms with Crippen LogP contribution in [0.25, 0.3) is 0 Å². The number of rotatable bonds is 9. The molecule has 20 heavy (non-hydrogen) atoms. The van der Waals surface area contributed by atoms with E-state index in [9.17, 15) is 8.78 Å². The van der Waals surface area contributed by atoms with Gasteiger partial charge in [0.2, 0.25) is 0 Å². The van der Waals surface area contributed by atoms with E-state index >= 15 is 0 Å². The van der Waals surface area contributed by atoms with Gasteiger partial charge in [-0.2, -0.15) is 0 Å². The first-order chi connectivity index (χ1) is 9.56. The maximum atomic E-state index is 12.2. The number of aliphatic hydroxyl groups is 1. The summed E-state index contributed by atoms with van der Waals surface area (Å²) in [7, 11) is 0. The number of nitrogens with one attached hydrogen (secondary N) is 2. The average molecular weight is 290 g/mol. The van der Waals surface area contributed by atoms with Gasteiger partial charge in [0.1, 0.15) is 24.3 Å². The van der Waals surface area contributed by atoms with Crippen molar-refractivity contribution in [1.82, 2.24) is 9.97 Å². The number of alkyl halides is 2. The molecule has 0 aliphatic carbocycles. The van der Waals surface area contributed by atoms with E-state index in [0.29, 0.717) is 30.6 Å². The summed E-state index contributed by atoms with van der Waals surface area (Å²) in [6, 6.07) is 1.59. The molecule has 0 aromatic carbocycles. The van der Waals surface area contributed by atoms with Gasteiger partial charge in [0.25, 0.3) is 6.43 Å². The molecular formula is C12H20F2N4O2. The van der Waals surface area contributed by atoms with Gasteiger partial charge in [-0.3, -0.25) is 0 Å². The Morgan fingerprint density at radius 3 is 2.45 bits per heavy atom. The fourth-order valence-corrected chi connectivity index (χ4v) is 1.42. The molecule has 0 spiro atoms. The summed E-state index contributed by atoms with van der Waals surface area (Å²) in [5, 5.41) is 14.8. The van der Waals surface area contributed by atoms with Crippen molar-refractivity contribution in [3.8, 4) is 0 Å². The van der Waals surface area contributed by atoms with Gasteiger partial charge in [-0.05, 0) is 13.8 Å². The Kier molecular flexibility index (Phi) is 7.10. The summed E-state index contributed by atoms with van der Waals surface area (Å²) in [6.07, 6.45) is -4.52. The molecule has 0 fully saturated rings. The lowest BCUT2D eigenvalue weighted by atomic mass is 10.3. The third-order valence-electron chi connectivity index (χ3n) is 2.35. The molecular weight excluding hydrogens is 270 g/mol. The molecule has 1 unspecified atom stereocenters. The van der Waals surface area contributed by atoms with Crippen molar-refractivity contribution in [2.45, 2.75) is 33.0 Å². The number of hydrogen-bond donors (Lipinski definition) is 3. The lowest BCUT2D eigenvalue weighted by Gasteiger charge is -2.13. The molecule has 1 atom stereocenters. The molecule has 0 bridgehead atoms. The van der Waals surface area contributed by atoms with Crippen molar-refractivity contribution in [2.75, 3.05) is 30.3 Å². The second kappa shape index (κ2) is 8.60. The van der Waals surface area contributed by atoms with Crippen molar-refractivity contribution < 1.29 is 18.6 Å². The van der Waals surface area contributed by atoms with E-state index in [1.54, 1.807) is 6.07 Å². The first-order valence-electron chi connectivity index (χ1n) is 6.46. The minimum absolute atomic E-state index is 0.238. The molecule has 6 nitrogen and oxygen atoms in total. The zero-order chi connectivity index (χ0) is 15.0. The summed E-state index contributed by atoms with van der Waals surface area (Å²) in [5.41, 5.74) is 0. The fraction of sp³-hybridized carbons (Fsp3) is 0.667. The molecule has 8 heteroatoms. The van der Waals surface area contributed by atoms with Gasteiger partial charge in [0, 0.05) is 25.8 Å². The summed E-state index contributed by atoms with van der Waals surface area (Å²) < 4.78 is 29.7. The van der Waals surface area contributed by atoms with E-state index in [4.69, 9.17) is 9.84 Å². The molecule has 1 aromatic heterocycles. The molecule has 0 radical (unpaired) electrons. The highest BCUT2D eigenvalue weighted by molar-refractivity contribution is 5.47. The Labute approximate surface area is 116 Å². The van der Waals surface area contributed by atoms with Crippen molar-refractivity contribution in [3.05, 3.63) is 11.9 Å². The van der Waals surface area contributed by atoms with Gasteiger partial charge in [0.05, 0.1) is 0 Å². The standard InChI is InChI=1S/C12H20F2N4O2/c1-3-15-9-5-10(16-6-8(19)12(13)14)18-11(17-9)7-20-4-2/h5,8,12,19H,3-4,6-7H2,1-2H3,(H2,15,16,17,18). The Balaban J connectivity index is 2.74.